The van der Waals surface area contributed by atoms with Crippen LogP contribution in [0, 0.1) is 18.6 Å². The van der Waals surface area contributed by atoms with Crippen LogP contribution >= 0.6 is 0 Å². The predicted molar refractivity (Wildman–Crippen MR) is 142 cm³/mol. The first-order valence-electron chi connectivity index (χ1n) is 13.1. The summed E-state index contributed by atoms with van der Waals surface area (Å²) in [6.07, 6.45) is 4.98. The maximum atomic E-state index is 16.1. The van der Waals surface area contributed by atoms with Crippen LogP contribution in [0.5, 0.6) is 5.75 Å². The van der Waals surface area contributed by atoms with Gasteiger partial charge in [-0.15, -0.1) is 0 Å². The quantitative estimate of drug-likeness (QED) is 0.343. The van der Waals surface area contributed by atoms with Crippen molar-refractivity contribution in [2.24, 2.45) is 0 Å². The van der Waals surface area contributed by atoms with Gasteiger partial charge in [0.2, 0.25) is 0 Å². The number of halogens is 2. The lowest BCUT2D eigenvalue weighted by Crippen LogP contribution is -2.32. The first-order valence-corrected chi connectivity index (χ1v) is 13.1. The van der Waals surface area contributed by atoms with E-state index in [2.05, 4.69) is 19.9 Å². The van der Waals surface area contributed by atoms with Gasteiger partial charge in [-0.3, -0.25) is 4.98 Å². The molecule has 4 heterocycles. The molecule has 1 N–H and O–H groups in total. The van der Waals surface area contributed by atoms with Crippen molar-refractivity contribution in [2.75, 3.05) is 24.6 Å². The minimum atomic E-state index is -0.613. The molecule has 0 saturated carbocycles. The summed E-state index contributed by atoms with van der Waals surface area (Å²) in [5.41, 5.74) is 0.833. The smallest absolute Gasteiger partial charge is 0.175 e. The Morgan fingerprint density at radius 2 is 1.95 bits per heavy atom. The van der Waals surface area contributed by atoms with Crippen LogP contribution in [0.1, 0.15) is 51.4 Å². The van der Waals surface area contributed by atoms with Crippen molar-refractivity contribution in [3.05, 3.63) is 53.5 Å². The number of pyridine rings is 1. The van der Waals surface area contributed by atoms with Gasteiger partial charge in [0, 0.05) is 31.5 Å². The molecule has 0 radical (unpaired) electrons. The molecule has 4 aromatic rings. The van der Waals surface area contributed by atoms with Gasteiger partial charge in [-0.05, 0) is 67.1 Å². The Kier molecular flexibility index (Phi) is 6.70. The molecule has 1 spiro atoms. The highest BCUT2D eigenvalue weighted by atomic mass is 19.1. The van der Waals surface area contributed by atoms with Gasteiger partial charge in [-0.25, -0.2) is 18.7 Å². The lowest BCUT2D eigenvalue weighted by Gasteiger charge is -2.24. The molecule has 2 aliphatic rings. The summed E-state index contributed by atoms with van der Waals surface area (Å²) in [7, 11) is 0. The average molecular weight is 507 g/mol. The largest absolute Gasteiger partial charge is 0.508 e. The number of aromatic hydroxyl groups is 1. The second-order valence-corrected chi connectivity index (χ2v) is 9.56. The standard InChI is InChI=1S/C27H26F2N4O2.C2H6/c1-3-18-21(28)6-5-16-11-17(34)12-19(22(16)18)24-23(29)25-20(13-30-24)26(32-15(2)31-25)33-9-8-27(14-33)7-4-10-35-27;1-2/h5-6,11-13,34H,3-4,7-10,14H2,1-2H3;1-2H3. The Labute approximate surface area is 215 Å². The Hall–Kier alpha value is -3.39. The van der Waals surface area contributed by atoms with E-state index in [-0.39, 0.29) is 28.4 Å². The lowest BCUT2D eigenvalue weighted by atomic mass is 9.94. The van der Waals surface area contributed by atoms with Crippen molar-refractivity contribution in [1.29, 1.82) is 0 Å². The molecule has 2 aromatic heterocycles. The number of aromatic nitrogens is 3. The number of hydrogen-bond acceptors (Lipinski definition) is 6. The number of fused-ring (bicyclic) bond motifs is 2. The molecular weight excluding hydrogens is 474 g/mol. The molecule has 1 unspecified atom stereocenters. The second-order valence-electron chi connectivity index (χ2n) is 9.56. The summed E-state index contributed by atoms with van der Waals surface area (Å²) in [5, 5.41) is 12.0. The highest BCUT2D eigenvalue weighted by Crippen LogP contribution is 2.41. The van der Waals surface area contributed by atoms with E-state index in [1.807, 2.05) is 20.8 Å². The molecule has 37 heavy (non-hydrogen) atoms. The average Bonchev–Trinajstić information content (AvgIpc) is 3.54. The Balaban J connectivity index is 0.00000137. The maximum absolute atomic E-state index is 16.1. The van der Waals surface area contributed by atoms with Gasteiger partial charge in [0.05, 0.1) is 11.0 Å². The fourth-order valence-electron chi connectivity index (χ4n) is 5.71. The summed E-state index contributed by atoms with van der Waals surface area (Å²) in [5.74, 6) is 0.0851. The van der Waals surface area contributed by atoms with Crippen LogP contribution in [-0.4, -0.2) is 45.4 Å². The van der Waals surface area contributed by atoms with E-state index in [0.717, 1.165) is 32.4 Å². The number of benzene rings is 2. The van der Waals surface area contributed by atoms with Gasteiger partial charge in [-0.2, -0.15) is 0 Å². The van der Waals surface area contributed by atoms with Gasteiger partial charge >= 0.3 is 0 Å². The molecular formula is C29H32F2N4O2. The van der Waals surface area contributed by atoms with E-state index in [9.17, 15) is 9.50 Å². The fraction of sp³-hybridized carbons (Fsp3) is 0.414. The lowest BCUT2D eigenvalue weighted by molar-refractivity contribution is 0.0231. The van der Waals surface area contributed by atoms with E-state index >= 15 is 4.39 Å². The highest BCUT2D eigenvalue weighted by Gasteiger charge is 2.42. The molecule has 194 valence electrons. The van der Waals surface area contributed by atoms with Gasteiger partial charge in [0.15, 0.2) is 5.82 Å². The first kappa shape index (κ1) is 25.3. The van der Waals surface area contributed by atoms with E-state index in [1.165, 1.54) is 12.1 Å². The molecule has 8 heteroatoms. The molecule has 2 saturated heterocycles. The monoisotopic (exact) mass is 506 g/mol. The number of phenols is 1. The van der Waals surface area contributed by atoms with E-state index in [4.69, 9.17) is 4.74 Å². The fourth-order valence-corrected chi connectivity index (χ4v) is 5.71. The normalized spacial score (nSPS) is 19.1. The number of nitrogens with zero attached hydrogens (tertiary/aromatic N) is 4. The van der Waals surface area contributed by atoms with E-state index < -0.39 is 5.82 Å². The third kappa shape index (κ3) is 4.27. The summed E-state index contributed by atoms with van der Waals surface area (Å²) in [6, 6.07) is 5.95. The SMILES string of the molecule is CC.CCc1c(F)ccc2cc(O)cc(-c3ncc4c(N5CCC6(CCCO6)C5)nc(C)nc4c3F)c12. The van der Waals surface area contributed by atoms with Crippen LogP contribution in [0.15, 0.2) is 30.5 Å². The third-order valence-corrected chi connectivity index (χ3v) is 7.34. The molecule has 0 aliphatic carbocycles. The summed E-state index contributed by atoms with van der Waals surface area (Å²) >= 11 is 0. The Bertz CT molecular complexity index is 1480. The zero-order valence-corrected chi connectivity index (χ0v) is 21.7. The molecule has 2 aliphatic heterocycles. The van der Waals surface area contributed by atoms with Crippen LogP contribution in [0.4, 0.5) is 14.6 Å². The summed E-state index contributed by atoms with van der Waals surface area (Å²) in [4.78, 5) is 15.7. The van der Waals surface area contributed by atoms with Gasteiger partial charge in [0.25, 0.3) is 0 Å². The van der Waals surface area contributed by atoms with E-state index in [0.29, 0.717) is 51.9 Å². The van der Waals surface area contributed by atoms with Crippen molar-refractivity contribution in [2.45, 2.75) is 59.0 Å². The minimum Gasteiger partial charge on any atom is -0.508 e. The van der Waals surface area contributed by atoms with Crippen molar-refractivity contribution in [1.82, 2.24) is 15.0 Å². The topological polar surface area (TPSA) is 71.4 Å². The van der Waals surface area contributed by atoms with Crippen molar-refractivity contribution >= 4 is 27.5 Å². The molecule has 6 nitrogen and oxygen atoms in total. The van der Waals surface area contributed by atoms with Crippen LogP contribution in [0.2, 0.25) is 0 Å². The summed E-state index contributed by atoms with van der Waals surface area (Å²) < 4.78 is 36.8. The van der Waals surface area contributed by atoms with Crippen LogP contribution in [0.3, 0.4) is 0 Å². The highest BCUT2D eigenvalue weighted by molar-refractivity contribution is 6.01. The second kappa shape index (κ2) is 9.82. The molecule has 2 aromatic carbocycles. The maximum Gasteiger partial charge on any atom is 0.175 e. The van der Waals surface area contributed by atoms with Gasteiger partial charge < -0.3 is 14.7 Å². The molecule has 6 rings (SSSR count). The van der Waals surface area contributed by atoms with Gasteiger partial charge in [-0.1, -0.05) is 26.8 Å². The van der Waals surface area contributed by atoms with E-state index in [1.54, 1.807) is 25.3 Å². The minimum absolute atomic E-state index is 0.0276. The summed E-state index contributed by atoms with van der Waals surface area (Å²) in [6.45, 7) is 9.84. The number of ether oxygens (including phenoxy) is 1. The molecule has 0 amide bonds. The zero-order valence-electron chi connectivity index (χ0n) is 21.7. The van der Waals surface area contributed by atoms with Crippen molar-refractivity contribution in [3.63, 3.8) is 0 Å². The third-order valence-electron chi connectivity index (χ3n) is 7.34. The van der Waals surface area contributed by atoms with Crippen molar-refractivity contribution < 1.29 is 18.6 Å². The number of anilines is 1. The number of phenolic OH excluding ortho intramolecular Hbond substituents is 1. The van der Waals surface area contributed by atoms with Crippen LogP contribution < -0.4 is 4.90 Å². The number of rotatable bonds is 3. The molecule has 1 atom stereocenters. The predicted octanol–water partition coefficient (Wildman–Crippen LogP) is 6.49. The number of aryl methyl sites for hydroxylation is 2. The Morgan fingerprint density at radius 3 is 2.68 bits per heavy atom. The first-order chi connectivity index (χ1) is 17.9. The number of hydrogen-bond donors (Lipinski definition) is 1. The van der Waals surface area contributed by atoms with Gasteiger partial charge in [0.1, 0.15) is 34.4 Å². The molecule has 0 bridgehead atoms. The molecule has 2 fully saturated rings. The Morgan fingerprint density at radius 1 is 1.14 bits per heavy atom. The zero-order chi connectivity index (χ0) is 26.3. The van der Waals surface area contributed by atoms with Crippen LogP contribution in [-0.2, 0) is 11.2 Å². The van der Waals surface area contributed by atoms with Crippen LogP contribution in [0.25, 0.3) is 32.9 Å². The van der Waals surface area contributed by atoms with Crippen molar-refractivity contribution in [3.8, 4) is 17.0 Å².